The van der Waals surface area contributed by atoms with Gasteiger partial charge in [-0.1, -0.05) is 69.4 Å². The summed E-state index contributed by atoms with van der Waals surface area (Å²) < 4.78 is 6.31. The van der Waals surface area contributed by atoms with Crippen molar-refractivity contribution in [3.8, 4) is 0 Å². The number of amides is 4. The van der Waals surface area contributed by atoms with E-state index in [-0.39, 0.29) is 36.0 Å². The maximum Gasteiger partial charge on any atom is 0.315 e. The van der Waals surface area contributed by atoms with Gasteiger partial charge in [-0.15, -0.1) is 0 Å². The highest BCUT2D eigenvalue weighted by Gasteiger charge is 2.50. The van der Waals surface area contributed by atoms with Crippen molar-refractivity contribution in [3.63, 3.8) is 0 Å². The molecule has 0 spiro atoms. The van der Waals surface area contributed by atoms with Crippen molar-refractivity contribution in [1.29, 1.82) is 0 Å². The molecule has 316 valence electrons. The van der Waals surface area contributed by atoms with Crippen LogP contribution in [0.3, 0.4) is 0 Å². The maximum absolute atomic E-state index is 12.4. The molecule has 0 aromatic rings. The van der Waals surface area contributed by atoms with Crippen LogP contribution in [0.2, 0.25) is 0 Å². The standard InChI is InChI=1S/C46H76N4O5S/c1-32-19-22-36(30-35(32)21-20-34-15-12-26-46(5)37(23-24-38(34)46)33(2)14-11-25-45(3,4)54)55-29-13-28-48-41(51)17-7-6-10-27-47-42(52)18-9-8-16-40-43-39(31-56-40)49-44(53)50-43/h20-21,33,36-40,43,54H,1,6-19,22-31H2,2-5H3,(H,47,52)(H,48,51)(H2,49,50,53)/b34-20+,35-21-/t33-,36+,37-,38?,39?,40?,43?,46-/m1/s1. The molecule has 5 rings (SSSR count). The Bertz CT molecular complexity index is 1390. The number of unbranched alkanes of at least 4 members (excludes halogenated alkanes) is 3. The first kappa shape index (κ1) is 44.8. The van der Waals surface area contributed by atoms with Crippen molar-refractivity contribution in [2.24, 2.45) is 23.2 Å². The fourth-order valence-electron chi connectivity index (χ4n) is 10.6. The number of nitrogens with one attached hydrogen (secondary N) is 4. The number of hydrogen-bond donors (Lipinski definition) is 5. The van der Waals surface area contributed by atoms with E-state index < -0.39 is 5.60 Å². The van der Waals surface area contributed by atoms with Crippen LogP contribution in [-0.2, 0) is 14.3 Å². The number of hydrogen-bond acceptors (Lipinski definition) is 6. The largest absolute Gasteiger partial charge is 0.390 e. The number of allylic oxidation sites excluding steroid dienone is 4. The second-order valence-corrected chi connectivity index (χ2v) is 20.1. The molecule has 3 aliphatic carbocycles. The molecule has 3 saturated carbocycles. The molecule has 0 aromatic heterocycles. The second kappa shape index (κ2) is 21.6. The smallest absolute Gasteiger partial charge is 0.315 e. The van der Waals surface area contributed by atoms with Crippen molar-refractivity contribution < 1.29 is 24.2 Å². The van der Waals surface area contributed by atoms with Crippen molar-refractivity contribution >= 4 is 29.6 Å². The SMILES string of the molecule is C=C1CC[C@H](OCCCNC(=O)CCCCCNC(=O)CCCCC2SCC3NC(=O)NC32)C/C1=C/C=C1\CCC[C@@]2(C)C1CC[C@@H]2[C@H](C)CCCC(C)(C)O. The Balaban J connectivity index is 0.891. The molecule has 0 bridgehead atoms. The Hall–Kier alpha value is -2.30. The van der Waals surface area contributed by atoms with Gasteiger partial charge in [0.05, 0.1) is 23.8 Å². The molecule has 0 radical (unpaired) electrons. The molecule has 5 aliphatic rings. The Morgan fingerprint density at radius 2 is 1.75 bits per heavy atom. The van der Waals surface area contributed by atoms with E-state index in [1.165, 1.54) is 49.7 Å². The molecular formula is C46H76N4O5S. The molecule has 5 fully saturated rings. The van der Waals surface area contributed by atoms with E-state index in [4.69, 9.17) is 4.74 Å². The van der Waals surface area contributed by atoms with Gasteiger partial charge < -0.3 is 31.1 Å². The molecule has 8 atom stereocenters. The van der Waals surface area contributed by atoms with Crippen LogP contribution in [0.25, 0.3) is 0 Å². The molecule has 9 nitrogen and oxygen atoms in total. The zero-order valence-electron chi connectivity index (χ0n) is 35.4. The van der Waals surface area contributed by atoms with Gasteiger partial charge in [0.2, 0.25) is 11.8 Å². The normalized spacial score (nSPS) is 30.9. The molecule has 2 heterocycles. The third-order valence-electron chi connectivity index (χ3n) is 13.8. The van der Waals surface area contributed by atoms with E-state index >= 15 is 0 Å². The summed E-state index contributed by atoms with van der Waals surface area (Å²) >= 11 is 1.92. The van der Waals surface area contributed by atoms with Gasteiger partial charge in [-0.3, -0.25) is 9.59 Å². The summed E-state index contributed by atoms with van der Waals surface area (Å²) in [6.07, 6.45) is 25.0. The molecule has 4 unspecified atom stereocenters. The highest BCUT2D eigenvalue weighted by molar-refractivity contribution is 8.00. The summed E-state index contributed by atoms with van der Waals surface area (Å²) in [6.45, 7) is 15.3. The topological polar surface area (TPSA) is 129 Å². The molecular weight excluding hydrogens is 721 g/mol. The number of thioether (sulfide) groups is 1. The van der Waals surface area contributed by atoms with E-state index in [1.54, 1.807) is 5.57 Å². The molecule has 5 N–H and O–H groups in total. The summed E-state index contributed by atoms with van der Waals surface area (Å²) in [6, 6.07) is 0.431. The lowest BCUT2D eigenvalue weighted by atomic mass is 9.60. The predicted molar refractivity (Wildman–Crippen MR) is 229 cm³/mol. The first-order valence-electron chi connectivity index (χ1n) is 22.5. The average Bonchev–Trinajstić information content (AvgIpc) is 3.82. The monoisotopic (exact) mass is 797 g/mol. The van der Waals surface area contributed by atoms with Gasteiger partial charge in [-0.2, -0.15) is 11.8 Å². The van der Waals surface area contributed by atoms with E-state index in [0.717, 1.165) is 88.7 Å². The summed E-state index contributed by atoms with van der Waals surface area (Å²) in [5.74, 6) is 3.31. The van der Waals surface area contributed by atoms with E-state index in [1.807, 2.05) is 25.6 Å². The number of rotatable bonds is 22. The summed E-state index contributed by atoms with van der Waals surface area (Å²) in [5.41, 5.74) is 4.06. The average molecular weight is 797 g/mol. The van der Waals surface area contributed by atoms with Crippen LogP contribution >= 0.6 is 11.8 Å². The number of carbonyl (C=O) groups excluding carboxylic acids is 3. The third kappa shape index (κ3) is 13.4. The lowest BCUT2D eigenvalue weighted by molar-refractivity contribution is -0.122. The van der Waals surface area contributed by atoms with Crippen LogP contribution in [0.5, 0.6) is 0 Å². The highest BCUT2D eigenvalue weighted by Crippen LogP contribution is 2.60. The minimum Gasteiger partial charge on any atom is -0.390 e. The van der Waals surface area contributed by atoms with Crippen molar-refractivity contribution in [2.45, 2.75) is 185 Å². The summed E-state index contributed by atoms with van der Waals surface area (Å²) in [7, 11) is 0. The van der Waals surface area contributed by atoms with Crippen LogP contribution in [0.4, 0.5) is 4.79 Å². The molecule has 56 heavy (non-hydrogen) atoms. The van der Waals surface area contributed by atoms with E-state index in [0.29, 0.717) is 55.0 Å². The summed E-state index contributed by atoms with van der Waals surface area (Å²) in [4.78, 5) is 36.2. The molecule has 10 heteroatoms. The zero-order valence-corrected chi connectivity index (χ0v) is 36.2. The summed E-state index contributed by atoms with van der Waals surface area (Å²) in [5, 5.41) is 22.7. The van der Waals surface area contributed by atoms with Crippen molar-refractivity contribution in [1.82, 2.24) is 21.3 Å². The second-order valence-electron chi connectivity index (χ2n) is 18.8. The van der Waals surface area contributed by atoms with Crippen LogP contribution in [0, 0.1) is 23.2 Å². The van der Waals surface area contributed by atoms with Crippen LogP contribution in [0.15, 0.2) is 35.5 Å². The van der Waals surface area contributed by atoms with Gasteiger partial charge in [0, 0.05) is 43.5 Å². The highest BCUT2D eigenvalue weighted by atomic mass is 32.2. The lowest BCUT2D eigenvalue weighted by Gasteiger charge is -2.44. The van der Waals surface area contributed by atoms with Crippen LogP contribution in [-0.4, -0.2) is 77.4 Å². The maximum atomic E-state index is 12.4. The van der Waals surface area contributed by atoms with Crippen molar-refractivity contribution in [2.75, 3.05) is 25.4 Å². The minimum atomic E-state index is -0.565. The van der Waals surface area contributed by atoms with Gasteiger partial charge in [-0.25, -0.2) is 4.79 Å². The fourth-order valence-corrected chi connectivity index (χ4v) is 12.2. The first-order valence-corrected chi connectivity index (χ1v) is 23.5. The minimum absolute atomic E-state index is 0.0506. The fraction of sp³-hybridized carbons (Fsp3) is 0.804. The Morgan fingerprint density at radius 1 is 1.00 bits per heavy atom. The van der Waals surface area contributed by atoms with E-state index in [2.05, 4.69) is 53.8 Å². The van der Waals surface area contributed by atoms with E-state index in [9.17, 15) is 19.5 Å². The van der Waals surface area contributed by atoms with Gasteiger partial charge in [-0.05, 0) is 132 Å². The quantitative estimate of drug-likeness (QED) is 0.0551. The zero-order chi connectivity index (χ0) is 40.1. The van der Waals surface area contributed by atoms with Gasteiger partial charge in [0.25, 0.3) is 0 Å². The Kier molecular flexibility index (Phi) is 17.3. The number of carbonyl (C=O) groups is 3. The molecule has 2 aliphatic heterocycles. The molecule has 0 aromatic carbocycles. The third-order valence-corrected chi connectivity index (χ3v) is 15.3. The number of ether oxygens (including phenoxy) is 1. The number of aliphatic hydroxyl groups is 1. The lowest BCUT2D eigenvalue weighted by Crippen LogP contribution is -2.36. The Labute approximate surface area is 343 Å². The number of urea groups is 1. The van der Waals surface area contributed by atoms with Gasteiger partial charge in [0.15, 0.2) is 0 Å². The molecule has 4 amide bonds. The first-order chi connectivity index (χ1) is 26.8. The predicted octanol–water partition coefficient (Wildman–Crippen LogP) is 8.67. The Morgan fingerprint density at radius 3 is 2.52 bits per heavy atom. The molecule has 2 saturated heterocycles. The van der Waals surface area contributed by atoms with Crippen LogP contribution < -0.4 is 21.3 Å². The van der Waals surface area contributed by atoms with Crippen molar-refractivity contribution in [3.05, 3.63) is 35.5 Å². The van der Waals surface area contributed by atoms with Crippen LogP contribution in [0.1, 0.15) is 156 Å². The van der Waals surface area contributed by atoms with Gasteiger partial charge in [0.1, 0.15) is 0 Å². The van der Waals surface area contributed by atoms with Gasteiger partial charge >= 0.3 is 6.03 Å². The number of fused-ring (bicyclic) bond motifs is 2.